The lowest BCUT2D eigenvalue weighted by Gasteiger charge is -2.23. The number of rotatable bonds is 4. The summed E-state index contributed by atoms with van der Waals surface area (Å²) in [6.45, 7) is 3.57. The SMILES string of the molecule is O=C(C[C@@H]1COCCN1)NCc1nnc2n1CCC2. The maximum Gasteiger partial charge on any atom is 0.222 e. The number of ether oxygens (including phenoxy) is 1. The molecule has 0 aliphatic carbocycles. The zero-order valence-corrected chi connectivity index (χ0v) is 10.9. The van der Waals surface area contributed by atoms with Gasteiger partial charge in [0.25, 0.3) is 0 Å². The highest BCUT2D eigenvalue weighted by atomic mass is 16.5. The van der Waals surface area contributed by atoms with Crippen LogP contribution in [0.2, 0.25) is 0 Å². The number of aryl methyl sites for hydroxylation is 1. The summed E-state index contributed by atoms with van der Waals surface area (Å²) in [5.41, 5.74) is 0. The topological polar surface area (TPSA) is 81.1 Å². The third-order valence-electron chi connectivity index (χ3n) is 3.56. The van der Waals surface area contributed by atoms with Crippen molar-refractivity contribution in [2.24, 2.45) is 0 Å². The fourth-order valence-electron chi connectivity index (χ4n) is 2.57. The summed E-state index contributed by atoms with van der Waals surface area (Å²) in [4.78, 5) is 11.8. The summed E-state index contributed by atoms with van der Waals surface area (Å²) in [6.07, 6.45) is 2.56. The number of morpholine rings is 1. The summed E-state index contributed by atoms with van der Waals surface area (Å²) in [7, 11) is 0. The molecule has 3 heterocycles. The number of amides is 1. The van der Waals surface area contributed by atoms with Gasteiger partial charge in [-0.25, -0.2) is 0 Å². The first kappa shape index (κ1) is 12.6. The van der Waals surface area contributed by atoms with Crippen LogP contribution in [0, 0.1) is 0 Å². The van der Waals surface area contributed by atoms with Gasteiger partial charge >= 0.3 is 0 Å². The van der Waals surface area contributed by atoms with Gasteiger partial charge < -0.3 is 19.9 Å². The molecule has 1 amide bonds. The standard InChI is InChI=1S/C12H19N5O2/c18-12(6-9-8-19-5-3-13-9)14-7-11-16-15-10-2-1-4-17(10)11/h9,13H,1-8H2,(H,14,18)/t9-/m1/s1. The molecule has 2 aliphatic rings. The smallest absolute Gasteiger partial charge is 0.222 e. The number of hydrogen-bond donors (Lipinski definition) is 2. The fourth-order valence-corrected chi connectivity index (χ4v) is 2.57. The summed E-state index contributed by atoms with van der Waals surface area (Å²) in [5, 5.41) is 14.4. The first-order valence-corrected chi connectivity index (χ1v) is 6.82. The van der Waals surface area contributed by atoms with Crippen LogP contribution in [0.15, 0.2) is 0 Å². The molecule has 0 spiro atoms. The minimum atomic E-state index is 0.0262. The second kappa shape index (κ2) is 5.66. The van der Waals surface area contributed by atoms with E-state index in [9.17, 15) is 4.79 Å². The van der Waals surface area contributed by atoms with Gasteiger partial charge in [0.15, 0.2) is 5.82 Å². The minimum Gasteiger partial charge on any atom is -0.378 e. The molecule has 2 N–H and O–H groups in total. The van der Waals surface area contributed by atoms with Gasteiger partial charge in [0, 0.05) is 32.0 Å². The molecule has 104 valence electrons. The lowest BCUT2D eigenvalue weighted by molar-refractivity contribution is -0.122. The van der Waals surface area contributed by atoms with Crippen LogP contribution in [-0.2, 0) is 29.0 Å². The lowest BCUT2D eigenvalue weighted by Crippen LogP contribution is -2.44. The van der Waals surface area contributed by atoms with Crippen LogP contribution in [0.1, 0.15) is 24.5 Å². The summed E-state index contributed by atoms with van der Waals surface area (Å²) >= 11 is 0. The summed E-state index contributed by atoms with van der Waals surface area (Å²) in [5.74, 6) is 1.92. The molecule has 1 atom stereocenters. The van der Waals surface area contributed by atoms with E-state index in [1.165, 1.54) is 0 Å². The normalized spacial score (nSPS) is 22.2. The molecule has 0 radical (unpaired) electrons. The molecule has 1 fully saturated rings. The molecule has 0 bridgehead atoms. The Bertz CT molecular complexity index is 453. The molecular weight excluding hydrogens is 246 g/mol. The molecule has 7 nitrogen and oxygen atoms in total. The van der Waals surface area contributed by atoms with Gasteiger partial charge in [-0.3, -0.25) is 4.79 Å². The van der Waals surface area contributed by atoms with Gasteiger partial charge in [-0.15, -0.1) is 10.2 Å². The Morgan fingerprint density at radius 2 is 2.47 bits per heavy atom. The zero-order valence-electron chi connectivity index (χ0n) is 10.9. The van der Waals surface area contributed by atoms with E-state index in [4.69, 9.17) is 4.74 Å². The number of carbonyl (C=O) groups excluding carboxylic acids is 1. The first-order valence-electron chi connectivity index (χ1n) is 6.82. The van der Waals surface area contributed by atoms with Crippen molar-refractivity contribution in [1.29, 1.82) is 0 Å². The van der Waals surface area contributed by atoms with Gasteiger partial charge in [-0.1, -0.05) is 0 Å². The average Bonchev–Trinajstić information content (AvgIpc) is 3.01. The van der Waals surface area contributed by atoms with Gasteiger partial charge in [-0.2, -0.15) is 0 Å². The molecular formula is C12H19N5O2. The van der Waals surface area contributed by atoms with E-state index in [1.54, 1.807) is 0 Å². The van der Waals surface area contributed by atoms with Crippen LogP contribution < -0.4 is 10.6 Å². The predicted octanol–water partition coefficient (Wildman–Crippen LogP) is -0.781. The van der Waals surface area contributed by atoms with Crippen molar-refractivity contribution in [3.8, 4) is 0 Å². The molecule has 1 aromatic rings. The predicted molar refractivity (Wildman–Crippen MR) is 67.4 cm³/mol. The Morgan fingerprint density at radius 3 is 3.32 bits per heavy atom. The average molecular weight is 265 g/mol. The van der Waals surface area contributed by atoms with Crippen molar-refractivity contribution >= 4 is 5.91 Å². The number of nitrogens with one attached hydrogen (secondary N) is 2. The van der Waals surface area contributed by atoms with Crippen molar-refractivity contribution in [3.05, 3.63) is 11.6 Å². The first-order chi connectivity index (χ1) is 9.33. The van der Waals surface area contributed by atoms with Crippen LogP contribution in [0.25, 0.3) is 0 Å². The molecule has 0 aromatic carbocycles. The third-order valence-corrected chi connectivity index (χ3v) is 3.56. The Labute approximate surface area is 111 Å². The van der Waals surface area contributed by atoms with E-state index in [2.05, 4.69) is 25.4 Å². The number of nitrogens with zero attached hydrogens (tertiary/aromatic N) is 3. The largest absolute Gasteiger partial charge is 0.378 e. The third kappa shape index (κ3) is 2.93. The quantitative estimate of drug-likeness (QED) is 0.746. The Balaban J connectivity index is 1.47. The molecule has 2 aliphatic heterocycles. The molecule has 0 saturated carbocycles. The number of aromatic nitrogens is 3. The highest BCUT2D eigenvalue weighted by Gasteiger charge is 2.19. The van der Waals surface area contributed by atoms with E-state index in [-0.39, 0.29) is 11.9 Å². The molecule has 0 unspecified atom stereocenters. The van der Waals surface area contributed by atoms with Crippen molar-refractivity contribution in [2.75, 3.05) is 19.8 Å². The van der Waals surface area contributed by atoms with Gasteiger partial charge in [0.2, 0.25) is 5.91 Å². The van der Waals surface area contributed by atoms with Gasteiger partial charge in [0.05, 0.1) is 19.8 Å². The number of fused-ring (bicyclic) bond motifs is 1. The maximum absolute atomic E-state index is 11.8. The Hall–Kier alpha value is -1.47. The van der Waals surface area contributed by atoms with Crippen molar-refractivity contribution in [2.45, 2.75) is 38.4 Å². The van der Waals surface area contributed by atoms with E-state index in [0.717, 1.165) is 44.2 Å². The van der Waals surface area contributed by atoms with Crippen molar-refractivity contribution < 1.29 is 9.53 Å². The summed E-state index contributed by atoms with van der Waals surface area (Å²) in [6, 6.07) is 0.123. The Kier molecular flexibility index (Phi) is 3.74. The monoisotopic (exact) mass is 265 g/mol. The highest BCUT2D eigenvalue weighted by molar-refractivity contribution is 5.76. The van der Waals surface area contributed by atoms with Crippen molar-refractivity contribution in [1.82, 2.24) is 25.4 Å². The van der Waals surface area contributed by atoms with Crippen molar-refractivity contribution in [3.63, 3.8) is 0 Å². The maximum atomic E-state index is 11.8. The second-order valence-electron chi connectivity index (χ2n) is 4.99. The highest BCUT2D eigenvalue weighted by Crippen LogP contribution is 2.13. The van der Waals surface area contributed by atoms with Crippen LogP contribution in [-0.4, -0.2) is 46.5 Å². The van der Waals surface area contributed by atoms with E-state index in [1.807, 2.05) is 0 Å². The van der Waals surface area contributed by atoms with Crippen LogP contribution in [0.5, 0.6) is 0 Å². The van der Waals surface area contributed by atoms with E-state index in [0.29, 0.717) is 19.6 Å². The molecule has 1 saturated heterocycles. The van der Waals surface area contributed by atoms with Gasteiger partial charge in [-0.05, 0) is 6.42 Å². The lowest BCUT2D eigenvalue weighted by atomic mass is 10.2. The summed E-state index contributed by atoms with van der Waals surface area (Å²) < 4.78 is 7.42. The van der Waals surface area contributed by atoms with Crippen LogP contribution in [0.3, 0.4) is 0 Å². The molecule has 1 aromatic heterocycles. The van der Waals surface area contributed by atoms with Crippen LogP contribution >= 0.6 is 0 Å². The Morgan fingerprint density at radius 1 is 1.53 bits per heavy atom. The number of hydrogen-bond acceptors (Lipinski definition) is 5. The second-order valence-corrected chi connectivity index (χ2v) is 4.99. The van der Waals surface area contributed by atoms with Crippen LogP contribution in [0.4, 0.5) is 0 Å². The van der Waals surface area contributed by atoms with E-state index < -0.39 is 0 Å². The minimum absolute atomic E-state index is 0.0262. The van der Waals surface area contributed by atoms with E-state index >= 15 is 0 Å². The molecule has 7 heteroatoms. The zero-order chi connectivity index (χ0) is 13.1. The number of carbonyl (C=O) groups is 1. The fraction of sp³-hybridized carbons (Fsp3) is 0.750. The molecule has 19 heavy (non-hydrogen) atoms. The molecule has 3 rings (SSSR count). The van der Waals surface area contributed by atoms with Gasteiger partial charge in [0.1, 0.15) is 5.82 Å².